The van der Waals surface area contributed by atoms with E-state index in [4.69, 9.17) is 16.3 Å². The lowest BCUT2D eigenvalue weighted by atomic mass is 10.0. The van der Waals surface area contributed by atoms with Crippen LogP contribution in [0.1, 0.15) is 22.7 Å². The van der Waals surface area contributed by atoms with Crippen LogP contribution in [0.25, 0.3) is 0 Å². The summed E-state index contributed by atoms with van der Waals surface area (Å²) >= 11 is 7.26. The number of fused-ring (bicyclic) bond motifs is 1. The van der Waals surface area contributed by atoms with Gasteiger partial charge in [-0.3, -0.25) is 4.79 Å². The molecule has 1 amide bonds. The summed E-state index contributed by atoms with van der Waals surface area (Å²) in [6.07, 6.45) is 1.29. The summed E-state index contributed by atoms with van der Waals surface area (Å²) in [6.45, 7) is 0.437. The molecule has 4 nitrogen and oxygen atoms in total. The van der Waals surface area contributed by atoms with Crippen molar-refractivity contribution < 1.29 is 9.53 Å². The molecule has 2 aromatic rings. The van der Waals surface area contributed by atoms with E-state index in [2.05, 4.69) is 10.3 Å². The topological polar surface area (TPSA) is 51.2 Å². The van der Waals surface area contributed by atoms with Crippen LogP contribution in [-0.2, 0) is 23.7 Å². The molecule has 2 heterocycles. The van der Waals surface area contributed by atoms with Gasteiger partial charge in [-0.2, -0.15) is 0 Å². The summed E-state index contributed by atoms with van der Waals surface area (Å²) in [7, 11) is 0. The van der Waals surface area contributed by atoms with Crippen molar-refractivity contribution in [2.75, 3.05) is 5.32 Å². The number of aromatic nitrogens is 1. The van der Waals surface area contributed by atoms with Gasteiger partial charge in [0, 0.05) is 17.5 Å². The second-order valence-electron chi connectivity index (χ2n) is 4.52. The molecule has 0 saturated carbocycles. The second-order valence-corrected chi connectivity index (χ2v) is 5.73. The Labute approximate surface area is 125 Å². The number of ether oxygens (including phenoxy) is 1. The first kappa shape index (κ1) is 13.4. The molecule has 0 fully saturated rings. The van der Waals surface area contributed by atoms with Gasteiger partial charge < -0.3 is 10.1 Å². The molecule has 1 aliphatic heterocycles. The van der Waals surface area contributed by atoms with Crippen LogP contribution >= 0.6 is 22.9 Å². The van der Waals surface area contributed by atoms with Gasteiger partial charge in [-0.05, 0) is 30.2 Å². The Bertz CT molecular complexity index is 642. The van der Waals surface area contributed by atoms with E-state index < -0.39 is 0 Å². The standard InChI is InChI=1S/C14H13ClN2O2S/c15-6-10-8-20-14(16-10)7-19-11-2-3-12-9(5-11)1-4-13(18)17-12/h2-3,5,8H,1,4,6-7H2,(H,17,18). The summed E-state index contributed by atoms with van der Waals surface area (Å²) in [4.78, 5) is 15.6. The molecule has 20 heavy (non-hydrogen) atoms. The zero-order valence-corrected chi connectivity index (χ0v) is 12.3. The number of alkyl halides is 1. The summed E-state index contributed by atoms with van der Waals surface area (Å²) in [5.74, 6) is 1.29. The lowest BCUT2D eigenvalue weighted by Gasteiger charge is -2.17. The Kier molecular flexibility index (Phi) is 3.89. The maximum Gasteiger partial charge on any atom is 0.224 e. The molecule has 1 N–H and O–H groups in total. The molecule has 0 aliphatic carbocycles. The van der Waals surface area contributed by atoms with Crippen molar-refractivity contribution in [1.82, 2.24) is 4.98 Å². The second kappa shape index (κ2) is 5.81. The third-order valence-electron chi connectivity index (χ3n) is 3.07. The van der Waals surface area contributed by atoms with Crippen LogP contribution in [0, 0.1) is 0 Å². The number of carbonyl (C=O) groups excluding carboxylic acids is 1. The van der Waals surface area contributed by atoms with E-state index in [1.54, 1.807) is 11.3 Å². The van der Waals surface area contributed by atoms with E-state index in [9.17, 15) is 4.79 Å². The van der Waals surface area contributed by atoms with Crippen LogP contribution < -0.4 is 10.1 Å². The number of hydrogen-bond acceptors (Lipinski definition) is 4. The molecule has 104 valence electrons. The third-order valence-corrected chi connectivity index (χ3v) is 4.22. The van der Waals surface area contributed by atoms with Crippen LogP contribution in [0.4, 0.5) is 5.69 Å². The van der Waals surface area contributed by atoms with Gasteiger partial charge in [0.25, 0.3) is 0 Å². The maximum absolute atomic E-state index is 11.3. The van der Waals surface area contributed by atoms with Gasteiger partial charge >= 0.3 is 0 Å². The number of amides is 1. The summed E-state index contributed by atoms with van der Waals surface area (Å²) in [5.41, 5.74) is 2.87. The third kappa shape index (κ3) is 2.94. The molecule has 1 aliphatic rings. The highest BCUT2D eigenvalue weighted by Crippen LogP contribution is 2.27. The van der Waals surface area contributed by atoms with E-state index in [-0.39, 0.29) is 5.91 Å². The Hall–Kier alpha value is -1.59. The molecule has 0 radical (unpaired) electrons. The van der Waals surface area contributed by atoms with E-state index in [0.29, 0.717) is 18.9 Å². The quantitative estimate of drug-likeness (QED) is 0.881. The molecule has 0 saturated heterocycles. The highest BCUT2D eigenvalue weighted by atomic mass is 35.5. The normalized spacial score (nSPS) is 13.8. The number of carbonyl (C=O) groups is 1. The van der Waals surface area contributed by atoms with Gasteiger partial charge in [0.2, 0.25) is 5.91 Å². The minimum Gasteiger partial charge on any atom is -0.486 e. The number of halogens is 1. The first-order chi connectivity index (χ1) is 9.74. The molecule has 0 spiro atoms. The van der Waals surface area contributed by atoms with Crippen molar-refractivity contribution in [3.63, 3.8) is 0 Å². The van der Waals surface area contributed by atoms with Crippen LogP contribution in [0.5, 0.6) is 5.75 Å². The lowest BCUT2D eigenvalue weighted by Crippen LogP contribution is -2.18. The van der Waals surface area contributed by atoms with E-state index in [1.807, 2.05) is 23.6 Å². The van der Waals surface area contributed by atoms with Crippen molar-refractivity contribution in [3.8, 4) is 5.75 Å². The number of nitrogens with one attached hydrogen (secondary N) is 1. The zero-order chi connectivity index (χ0) is 13.9. The van der Waals surface area contributed by atoms with Gasteiger partial charge in [0.1, 0.15) is 17.4 Å². The van der Waals surface area contributed by atoms with Crippen LogP contribution in [0.3, 0.4) is 0 Å². The Morgan fingerprint density at radius 1 is 1.40 bits per heavy atom. The number of rotatable bonds is 4. The van der Waals surface area contributed by atoms with Gasteiger partial charge in [0.15, 0.2) is 0 Å². The summed E-state index contributed by atoms with van der Waals surface area (Å²) < 4.78 is 5.73. The number of hydrogen-bond donors (Lipinski definition) is 1. The van der Waals surface area contributed by atoms with Crippen molar-refractivity contribution >= 4 is 34.5 Å². The van der Waals surface area contributed by atoms with Crippen molar-refractivity contribution in [2.45, 2.75) is 25.3 Å². The number of thiazole rings is 1. The Morgan fingerprint density at radius 3 is 3.10 bits per heavy atom. The summed E-state index contributed by atoms with van der Waals surface area (Å²) in [6, 6.07) is 5.72. The molecular weight excluding hydrogens is 296 g/mol. The van der Waals surface area contributed by atoms with Crippen LogP contribution in [0.2, 0.25) is 0 Å². The first-order valence-electron chi connectivity index (χ1n) is 6.29. The van der Waals surface area contributed by atoms with Crippen LogP contribution in [-0.4, -0.2) is 10.9 Å². The maximum atomic E-state index is 11.3. The fourth-order valence-corrected chi connectivity index (χ4v) is 3.00. The van der Waals surface area contributed by atoms with Gasteiger partial charge in [-0.25, -0.2) is 4.98 Å². The molecular formula is C14H13ClN2O2S. The first-order valence-corrected chi connectivity index (χ1v) is 7.71. The number of nitrogens with zero attached hydrogens (tertiary/aromatic N) is 1. The van der Waals surface area contributed by atoms with E-state index in [0.717, 1.165) is 34.1 Å². The minimum atomic E-state index is 0.0718. The number of aryl methyl sites for hydroxylation is 1. The van der Waals surface area contributed by atoms with Crippen molar-refractivity contribution in [1.29, 1.82) is 0 Å². The smallest absolute Gasteiger partial charge is 0.224 e. The van der Waals surface area contributed by atoms with Crippen molar-refractivity contribution in [2.24, 2.45) is 0 Å². The predicted octanol–water partition coefficient (Wildman–Crippen LogP) is 3.35. The molecule has 3 rings (SSSR count). The van der Waals surface area contributed by atoms with Gasteiger partial charge in [-0.15, -0.1) is 22.9 Å². The average molecular weight is 309 g/mol. The van der Waals surface area contributed by atoms with E-state index in [1.165, 1.54) is 0 Å². The molecule has 1 aromatic carbocycles. The molecule has 6 heteroatoms. The average Bonchev–Trinajstić information content (AvgIpc) is 2.93. The Balaban J connectivity index is 1.67. The molecule has 0 atom stereocenters. The van der Waals surface area contributed by atoms with Crippen LogP contribution in [0.15, 0.2) is 23.6 Å². The number of benzene rings is 1. The molecule has 1 aromatic heterocycles. The van der Waals surface area contributed by atoms with E-state index >= 15 is 0 Å². The molecule has 0 bridgehead atoms. The Morgan fingerprint density at radius 2 is 2.30 bits per heavy atom. The molecule has 0 unspecified atom stereocenters. The van der Waals surface area contributed by atoms with Crippen molar-refractivity contribution in [3.05, 3.63) is 39.8 Å². The fourth-order valence-electron chi connectivity index (χ4n) is 2.07. The number of anilines is 1. The highest BCUT2D eigenvalue weighted by Gasteiger charge is 2.15. The zero-order valence-electron chi connectivity index (χ0n) is 10.7. The fraction of sp³-hybridized carbons (Fsp3) is 0.286. The predicted molar refractivity (Wildman–Crippen MR) is 79.4 cm³/mol. The largest absolute Gasteiger partial charge is 0.486 e. The minimum absolute atomic E-state index is 0.0718. The monoisotopic (exact) mass is 308 g/mol. The van der Waals surface area contributed by atoms with Gasteiger partial charge in [-0.1, -0.05) is 0 Å². The summed E-state index contributed by atoms with van der Waals surface area (Å²) in [5, 5.41) is 5.70. The lowest BCUT2D eigenvalue weighted by molar-refractivity contribution is -0.116. The SMILES string of the molecule is O=C1CCc2cc(OCc3nc(CCl)cs3)ccc2N1. The highest BCUT2D eigenvalue weighted by molar-refractivity contribution is 7.09. The van der Waals surface area contributed by atoms with Gasteiger partial charge in [0.05, 0.1) is 11.6 Å².